The van der Waals surface area contributed by atoms with Crippen molar-refractivity contribution in [3.63, 3.8) is 0 Å². The van der Waals surface area contributed by atoms with Gasteiger partial charge >= 0.3 is 5.37 Å². The summed E-state index contributed by atoms with van der Waals surface area (Å²) in [5.41, 5.74) is 0. The van der Waals surface area contributed by atoms with E-state index in [0.717, 1.165) is 0 Å². The lowest BCUT2D eigenvalue weighted by Crippen LogP contribution is -2.54. The molecule has 0 aromatic heterocycles. The lowest BCUT2D eigenvalue weighted by atomic mass is 10.2. The van der Waals surface area contributed by atoms with Crippen LogP contribution in [0, 0.1) is 0 Å². The largest absolute Gasteiger partial charge is 0.326 e. The van der Waals surface area contributed by atoms with Crippen LogP contribution >= 0.6 is 11.6 Å². The Morgan fingerprint density at radius 2 is 2.00 bits per heavy atom. The summed E-state index contributed by atoms with van der Waals surface area (Å²) in [7, 11) is -3.17. The van der Waals surface area contributed by atoms with E-state index in [-0.39, 0.29) is 6.04 Å². The van der Waals surface area contributed by atoms with E-state index in [0.29, 0.717) is 19.6 Å². The number of rotatable bonds is 1. The van der Waals surface area contributed by atoms with Crippen LogP contribution in [0.5, 0.6) is 0 Å². The molecule has 1 amide bonds. The zero-order valence-electron chi connectivity index (χ0n) is 8.10. The molecule has 7 heteroatoms. The van der Waals surface area contributed by atoms with Crippen LogP contribution in [-0.4, -0.2) is 54.9 Å². The maximum atomic E-state index is 11.3. The van der Waals surface area contributed by atoms with E-state index in [4.69, 9.17) is 11.6 Å². The Morgan fingerprint density at radius 3 is 2.36 bits per heavy atom. The summed E-state index contributed by atoms with van der Waals surface area (Å²) in [5.74, 6) is 0. The molecule has 1 aliphatic heterocycles. The summed E-state index contributed by atoms with van der Waals surface area (Å²) < 4.78 is 23.9. The summed E-state index contributed by atoms with van der Waals surface area (Å²) in [6.45, 7) is 2.79. The lowest BCUT2D eigenvalue weighted by Gasteiger charge is -2.37. The van der Waals surface area contributed by atoms with Crippen LogP contribution in [0.4, 0.5) is 4.79 Å². The van der Waals surface area contributed by atoms with Crippen molar-refractivity contribution < 1.29 is 13.2 Å². The molecular weight excluding hydrogens is 228 g/mol. The third-order valence-electron chi connectivity index (χ3n) is 2.24. The Bertz CT molecular complexity index is 330. The molecule has 1 aliphatic rings. The molecule has 1 heterocycles. The van der Waals surface area contributed by atoms with E-state index >= 15 is 0 Å². The van der Waals surface area contributed by atoms with Crippen LogP contribution in [0.25, 0.3) is 0 Å². The van der Waals surface area contributed by atoms with Gasteiger partial charge in [-0.15, -0.1) is 0 Å². The molecule has 1 fully saturated rings. The van der Waals surface area contributed by atoms with Crippen molar-refractivity contribution in [1.29, 1.82) is 0 Å². The fourth-order valence-electron chi connectivity index (χ4n) is 1.59. The third-order valence-corrected chi connectivity index (χ3v) is 3.87. The summed E-state index contributed by atoms with van der Waals surface area (Å²) in [6.07, 6.45) is 1.17. The molecule has 0 spiro atoms. The molecule has 1 rings (SSSR count). The average Bonchev–Trinajstić information content (AvgIpc) is 2.01. The van der Waals surface area contributed by atoms with Gasteiger partial charge in [0.1, 0.15) is 0 Å². The van der Waals surface area contributed by atoms with Crippen LogP contribution in [-0.2, 0) is 10.0 Å². The van der Waals surface area contributed by atoms with E-state index in [1.165, 1.54) is 15.5 Å². The Hall–Kier alpha value is -0.330. The monoisotopic (exact) mass is 240 g/mol. The van der Waals surface area contributed by atoms with Crippen molar-refractivity contribution in [1.82, 2.24) is 9.21 Å². The smallest absolute Gasteiger partial charge is 0.316 e. The number of amides is 1. The SMILES string of the molecule is CC1CN(C(=O)Cl)CCN1S(C)(=O)=O. The fraction of sp³-hybridized carbons (Fsp3) is 0.857. The first-order valence-corrected chi connectivity index (χ1v) is 6.46. The van der Waals surface area contributed by atoms with E-state index in [1.54, 1.807) is 6.92 Å². The minimum Gasteiger partial charge on any atom is -0.326 e. The third kappa shape index (κ3) is 2.59. The Morgan fingerprint density at radius 1 is 1.43 bits per heavy atom. The average molecular weight is 241 g/mol. The molecule has 0 aliphatic carbocycles. The van der Waals surface area contributed by atoms with Crippen molar-refractivity contribution in [2.24, 2.45) is 0 Å². The zero-order chi connectivity index (χ0) is 10.9. The van der Waals surface area contributed by atoms with Crippen molar-refractivity contribution in [3.05, 3.63) is 0 Å². The highest BCUT2D eigenvalue weighted by atomic mass is 35.5. The Labute approximate surface area is 88.7 Å². The number of halogens is 1. The van der Waals surface area contributed by atoms with Gasteiger partial charge in [-0.25, -0.2) is 8.42 Å². The van der Waals surface area contributed by atoms with Gasteiger partial charge in [-0.1, -0.05) is 0 Å². The van der Waals surface area contributed by atoms with Gasteiger partial charge in [0.2, 0.25) is 10.0 Å². The van der Waals surface area contributed by atoms with E-state index < -0.39 is 15.4 Å². The molecule has 0 saturated carbocycles. The molecule has 82 valence electrons. The lowest BCUT2D eigenvalue weighted by molar-refractivity contribution is 0.165. The van der Waals surface area contributed by atoms with Gasteiger partial charge in [0, 0.05) is 25.7 Å². The van der Waals surface area contributed by atoms with E-state index in [9.17, 15) is 13.2 Å². The summed E-state index contributed by atoms with van der Waals surface area (Å²) in [6, 6.07) is -0.207. The first-order chi connectivity index (χ1) is 6.32. The fourth-order valence-corrected chi connectivity index (χ4v) is 2.88. The number of hydrogen-bond acceptors (Lipinski definition) is 3. The van der Waals surface area contributed by atoms with Gasteiger partial charge in [-0.2, -0.15) is 4.31 Å². The van der Waals surface area contributed by atoms with E-state index in [2.05, 4.69) is 0 Å². The number of piperazine rings is 1. The number of carbonyl (C=O) groups is 1. The van der Waals surface area contributed by atoms with Gasteiger partial charge in [0.15, 0.2) is 0 Å². The van der Waals surface area contributed by atoms with E-state index in [1.807, 2.05) is 0 Å². The molecule has 0 aromatic carbocycles. The predicted molar refractivity (Wildman–Crippen MR) is 53.8 cm³/mol. The van der Waals surface area contributed by atoms with Gasteiger partial charge in [0.25, 0.3) is 0 Å². The van der Waals surface area contributed by atoms with Crippen LogP contribution in [0.1, 0.15) is 6.92 Å². The maximum Gasteiger partial charge on any atom is 0.316 e. The molecule has 5 nitrogen and oxygen atoms in total. The minimum absolute atomic E-state index is 0.207. The molecule has 0 radical (unpaired) electrons. The minimum atomic E-state index is -3.17. The number of carbonyl (C=O) groups excluding carboxylic acids is 1. The molecule has 1 unspecified atom stereocenters. The van der Waals surface area contributed by atoms with Gasteiger partial charge in [-0.05, 0) is 18.5 Å². The van der Waals surface area contributed by atoms with Gasteiger partial charge in [0.05, 0.1) is 6.26 Å². The Kier molecular flexibility index (Phi) is 3.39. The number of hydrogen-bond donors (Lipinski definition) is 0. The Balaban J connectivity index is 2.70. The standard InChI is InChI=1S/C7H13ClN2O3S/c1-6-5-9(7(8)11)3-4-10(6)14(2,12)13/h6H,3-5H2,1-2H3. The summed E-state index contributed by atoms with van der Waals surface area (Å²) in [5, 5.41) is -0.523. The summed E-state index contributed by atoms with van der Waals surface area (Å²) in [4.78, 5) is 12.3. The number of nitrogens with zero attached hydrogens (tertiary/aromatic N) is 2. The second-order valence-corrected chi connectivity index (χ2v) is 5.68. The van der Waals surface area contributed by atoms with Crippen molar-refractivity contribution >= 4 is 27.0 Å². The maximum absolute atomic E-state index is 11.3. The highest BCUT2D eigenvalue weighted by Crippen LogP contribution is 2.14. The van der Waals surface area contributed by atoms with Crippen molar-refractivity contribution in [3.8, 4) is 0 Å². The second-order valence-electron chi connectivity index (χ2n) is 3.42. The normalized spacial score (nSPS) is 25.1. The first-order valence-electron chi connectivity index (χ1n) is 4.23. The highest BCUT2D eigenvalue weighted by Gasteiger charge is 2.31. The molecule has 0 aromatic rings. The topological polar surface area (TPSA) is 57.7 Å². The molecule has 1 saturated heterocycles. The number of sulfonamides is 1. The quantitative estimate of drug-likeness (QED) is 0.490. The first kappa shape index (κ1) is 11.7. The summed E-state index contributed by atoms with van der Waals surface area (Å²) >= 11 is 5.30. The van der Waals surface area contributed by atoms with Crippen LogP contribution in [0.2, 0.25) is 0 Å². The predicted octanol–water partition coefficient (Wildman–Crippen LogP) is 0.311. The second kappa shape index (κ2) is 4.04. The van der Waals surface area contributed by atoms with Crippen LogP contribution < -0.4 is 0 Å². The molecule has 14 heavy (non-hydrogen) atoms. The molecule has 0 bridgehead atoms. The molecule has 0 N–H and O–H groups in total. The van der Waals surface area contributed by atoms with Crippen LogP contribution in [0.3, 0.4) is 0 Å². The van der Waals surface area contributed by atoms with Crippen LogP contribution in [0.15, 0.2) is 0 Å². The van der Waals surface area contributed by atoms with Crippen molar-refractivity contribution in [2.75, 3.05) is 25.9 Å². The molecular formula is C7H13ClN2O3S. The highest BCUT2D eigenvalue weighted by molar-refractivity contribution is 7.88. The van der Waals surface area contributed by atoms with Crippen molar-refractivity contribution in [2.45, 2.75) is 13.0 Å². The van der Waals surface area contributed by atoms with Gasteiger partial charge in [-0.3, -0.25) is 4.79 Å². The zero-order valence-corrected chi connectivity index (χ0v) is 9.68. The molecule has 1 atom stereocenters. The van der Waals surface area contributed by atoms with Gasteiger partial charge < -0.3 is 4.90 Å².